The van der Waals surface area contributed by atoms with E-state index in [9.17, 15) is 8.42 Å². The summed E-state index contributed by atoms with van der Waals surface area (Å²) in [6, 6.07) is 11.1. The molecule has 0 aromatic heterocycles. The van der Waals surface area contributed by atoms with Gasteiger partial charge in [-0.25, -0.2) is 0 Å². The van der Waals surface area contributed by atoms with Crippen LogP contribution in [0.3, 0.4) is 0 Å². The predicted octanol–water partition coefficient (Wildman–Crippen LogP) is 5.17. The van der Waals surface area contributed by atoms with Crippen LogP contribution in [0.1, 0.15) is 25.3 Å². The quantitative estimate of drug-likeness (QED) is 0.206. The zero-order valence-corrected chi connectivity index (χ0v) is 19.1. The molecule has 0 heterocycles. The fraction of sp³-hybridized carbons (Fsp3) is 0.524. The lowest BCUT2D eigenvalue weighted by Gasteiger charge is -2.18. The van der Waals surface area contributed by atoms with Crippen molar-refractivity contribution in [3.05, 3.63) is 59.2 Å². The summed E-state index contributed by atoms with van der Waals surface area (Å²) >= 11 is 0. The lowest BCUT2D eigenvalue weighted by Crippen LogP contribution is -2.22. The zero-order chi connectivity index (χ0) is 20.3. The summed E-state index contributed by atoms with van der Waals surface area (Å²) in [6.45, 7) is 10.3. The van der Waals surface area contributed by atoms with E-state index in [-0.39, 0.29) is 6.61 Å². The van der Waals surface area contributed by atoms with Gasteiger partial charge in [-0.15, -0.1) is 0 Å². The van der Waals surface area contributed by atoms with Crippen LogP contribution in [0.15, 0.2) is 53.6 Å². The molecule has 27 heavy (non-hydrogen) atoms. The molecule has 1 aromatic carbocycles. The van der Waals surface area contributed by atoms with Crippen molar-refractivity contribution in [1.82, 2.24) is 0 Å². The van der Waals surface area contributed by atoms with Gasteiger partial charge in [-0.3, -0.25) is 4.18 Å². The van der Waals surface area contributed by atoms with Gasteiger partial charge in [0.1, 0.15) is 0 Å². The van der Waals surface area contributed by atoms with Crippen molar-refractivity contribution in [1.29, 1.82) is 0 Å². The van der Waals surface area contributed by atoms with E-state index in [1.807, 2.05) is 18.2 Å². The van der Waals surface area contributed by atoms with Gasteiger partial charge in [0.2, 0.25) is 0 Å². The zero-order valence-electron chi connectivity index (χ0n) is 17.3. The van der Waals surface area contributed by atoms with Crippen molar-refractivity contribution in [3.63, 3.8) is 0 Å². The van der Waals surface area contributed by atoms with E-state index in [2.05, 4.69) is 50.8 Å². The second-order valence-corrected chi connectivity index (χ2v) is 15.3. The monoisotopic (exact) mass is 410 g/mol. The average Bonchev–Trinajstić information content (AvgIpc) is 2.55. The largest absolute Gasteiger partial charge is 0.373 e. The molecule has 0 saturated carbocycles. The molecule has 1 aromatic rings. The Morgan fingerprint density at radius 2 is 1.78 bits per heavy atom. The van der Waals surface area contributed by atoms with Gasteiger partial charge < -0.3 is 4.74 Å². The third-order valence-corrected chi connectivity index (χ3v) is 5.91. The summed E-state index contributed by atoms with van der Waals surface area (Å²) in [5.41, 5.74) is 3.54. The summed E-state index contributed by atoms with van der Waals surface area (Å²) in [6.07, 6.45) is 7.17. The van der Waals surface area contributed by atoms with Crippen LogP contribution in [0.4, 0.5) is 0 Å². The summed E-state index contributed by atoms with van der Waals surface area (Å²) in [5.74, 6) is 0. The Labute approximate surface area is 166 Å². The topological polar surface area (TPSA) is 52.6 Å². The van der Waals surface area contributed by atoms with E-state index in [1.54, 1.807) is 0 Å². The van der Waals surface area contributed by atoms with Gasteiger partial charge in [0.15, 0.2) is 0 Å². The number of rotatable bonds is 12. The van der Waals surface area contributed by atoms with Crippen LogP contribution < -0.4 is 0 Å². The van der Waals surface area contributed by atoms with Crippen molar-refractivity contribution in [2.75, 3.05) is 19.5 Å². The molecule has 0 bridgehead atoms. The molecule has 4 nitrogen and oxygen atoms in total. The molecular formula is C21H34O4SSi. The Balaban J connectivity index is 2.45. The first-order valence-corrected chi connectivity index (χ1v) is 14.9. The molecule has 0 atom stereocenters. The Kier molecular flexibility index (Phi) is 10.2. The van der Waals surface area contributed by atoms with Crippen LogP contribution >= 0.6 is 0 Å². The Morgan fingerprint density at radius 1 is 1.11 bits per heavy atom. The van der Waals surface area contributed by atoms with E-state index in [4.69, 9.17) is 8.92 Å². The van der Waals surface area contributed by atoms with Gasteiger partial charge in [-0.2, -0.15) is 8.42 Å². The molecule has 0 aliphatic rings. The van der Waals surface area contributed by atoms with Gasteiger partial charge in [0.05, 0.1) is 26.1 Å². The maximum atomic E-state index is 11.3. The number of benzene rings is 1. The van der Waals surface area contributed by atoms with Crippen molar-refractivity contribution >= 4 is 18.2 Å². The van der Waals surface area contributed by atoms with E-state index >= 15 is 0 Å². The standard InChI is InChI=1S/C21H34O4SSi/c1-19(14-15-24-16-20-11-7-6-8-12-20)10-9-13-21(18-27(3,4)5)17-25-26(2,22)23/h6-8,11-14H,9-10,15-18H2,1-5H3/b19-14+,21-13+. The normalized spacial score (nSPS) is 13.8. The van der Waals surface area contributed by atoms with Crippen molar-refractivity contribution in [2.45, 2.75) is 52.1 Å². The summed E-state index contributed by atoms with van der Waals surface area (Å²) in [4.78, 5) is 0. The highest BCUT2D eigenvalue weighted by Crippen LogP contribution is 2.19. The Hall–Kier alpha value is -1.21. The smallest absolute Gasteiger partial charge is 0.264 e. The van der Waals surface area contributed by atoms with E-state index in [0.29, 0.717) is 13.2 Å². The summed E-state index contributed by atoms with van der Waals surface area (Å²) in [7, 11) is -4.74. The molecule has 6 heteroatoms. The van der Waals surface area contributed by atoms with Gasteiger partial charge >= 0.3 is 0 Å². The highest BCUT2D eigenvalue weighted by atomic mass is 32.2. The molecule has 0 aliphatic heterocycles. The van der Waals surface area contributed by atoms with Crippen molar-refractivity contribution in [3.8, 4) is 0 Å². The van der Waals surface area contributed by atoms with E-state index in [0.717, 1.165) is 30.7 Å². The minimum atomic E-state index is -3.41. The van der Waals surface area contributed by atoms with E-state index in [1.165, 1.54) is 11.1 Å². The third kappa shape index (κ3) is 13.6. The molecular weight excluding hydrogens is 376 g/mol. The first-order chi connectivity index (χ1) is 12.6. The molecule has 0 amide bonds. The van der Waals surface area contributed by atoms with Gasteiger partial charge in [-0.05, 0) is 36.9 Å². The van der Waals surface area contributed by atoms with Crippen LogP contribution in [0, 0.1) is 0 Å². The first-order valence-electron chi connectivity index (χ1n) is 9.35. The van der Waals surface area contributed by atoms with Crippen LogP contribution in [-0.4, -0.2) is 36.0 Å². The number of allylic oxidation sites excluding steroid dienone is 2. The van der Waals surface area contributed by atoms with Crippen LogP contribution in [0.25, 0.3) is 0 Å². The fourth-order valence-corrected chi connectivity index (χ4v) is 4.58. The molecule has 0 aliphatic carbocycles. The SMILES string of the molecule is C/C(=C\COCc1ccccc1)CC/C=C(\COS(C)(=O)=O)C[Si](C)(C)C. The average molecular weight is 411 g/mol. The lowest BCUT2D eigenvalue weighted by molar-refractivity contribution is 0.148. The first kappa shape index (κ1) is 23.8. The summed E-state index contributed by atoms with van der Waals surface area (Å²) < 4.78 is 33.2. The lowest BCUT2D eigenvalue weighted by atomic mass is 10.1. The van der Waals surface area contributed by atoms with Crippen LogP contribution in [-0.2, 0) is 25.6 Å². The Morgan fingerprint density at radius 3 is 2.37 bits per heavy atom. The molecule has 0 N–H and O–H groups in total. The minimum absolute atomic E-state index is 0.173. The fourth-order valence-electron chi connectivity index (χ4n) is 2.60. The molecule has 152 valence electrons. The number of ether oxygens (including phenoxy) is 1. The van der Waals surface area contributed by atoms with Crippen LogP contribution in [0.5, 0.6) is 0 Å². The Bertz CT molecular complexity index is 716. The minimum Gasteiger partial charge on any atom is -0.373 e. The molecule has 0 saturated heterocycles. The van der Waals surface area contributed by atoms with Gasteiger partial charge in [0.25, 0.3) is 10.1 Å². The second kappa shape index (κ2) is 11.6. The van der Waals surface area contributed by atoms with Gasteiger partial charge in [0, 0.05) is 8.07 Å². The highest BCUT2D eigenvalue weighted by molar-refractivity contribution is 7.86. The van der Waals surface area contributed by atoms with Crippen molar-refractivity contribution < 1.29 is 17.3 Å². The molecule has 0 radical (unpaired) electrons. The second-order valence-electron chi connectivity index (χ2n) is 8.16. The van der Waals surface area contributed by atoms with Crippen LogP contribution in [0.2, 0.25) is 25.7 Å². The predicted molar refractivity (Wildman–Crippen MR) is 116 cm³/mol. The number of hydrogen-bond donors (Lipinski definition) is 0. The van der Waals surface area contributed by atoms with Gasteiger partial charge in [-0.1, -0.05) is 67.7 Å². The third-order valence-electron chi connectivity index (χ3n) is 3.85. The van der Waals surface area contributed by atoms with Crippen molar-refractivity contribution in [2.24, 2.45) is 0 Å². The maximum absolute atomic E-state index is 11.3. The van der Waals surface area contributed by atoms with E-state index < -0.39 is 18.2 Å². The molecule has 0 unspecified atom stereocenters. The molecule has 1 rings (SSSR count). The highest BCUT2D eigenvalue weighted by Gasteiger charge is 2.16. The maximum Gasteiger partial charge on any atom is 0.264 e. The number of hydrogen-bond acceptors (Lipinski definition) is 4. The molecule has 0 fully saturated rings. The molecule has 0 spiro atoms. The summed E-state index contributed by atoms with van der Waals surface area (Å²) in [5, 5.41) is 0.